The minimum atomic E-state index is -0.0343. The molecule has 31 heavy (non-hydrogen) atoms. The van der Waals surface area contributed by atoms with Crippen molar-refractivity contribution in [3.05, 3.63) is 49.1 Å². The first kappa shape index (κ1) is 18.9. The Morgan fingerprint density at radius 2 is 2.03 bits per heavy atom. The molecule has 0 fully saturated rings. The van der Waals surface area contributed by atoms with E-state index in [1.165, 1.54) is 0 Å². The van der Waals surface area contributed by atoms with E-state index in [9.17, 15) is 4.79 Å². The molecule has 0 aliphatic rings. The maximum absolute atomic E-state index is 12.1. The number of rotatable bonds is 5. The van der Waals surface area contributed by atoms with Gasteiger partial charge in [0.15, 0.2) is 11.5 Å². The second-order valence-corrected chi connectivity index (χ2v) is 7.76. The quantitative estimate of drug-likeness (QED) is 0.401. The Hall–Kier alpha value is -4.14. The molecular weight excluding hydrogens is 392 g/mol. The summed E-state index contributed by atoms with van der Waals surface area (Å²) in [5.74, 6) is 0.881. The zero-order valence-corrected chi connectivity index (χ0v) is 17.0. The van der Waals surface area contributed by atoms with E-state index in [4.69, 9.17) is 0 Å². The van der Waals surface area contributed by atoms with E-state index in [0.29, 0.717) is 29.3 Å². The molecule has 0 saturated carbocycles. The third kappa shape index (κ3) is 3.73. The highest BCUT2D eigenvalue weighted by Crippen LogP contribution is 2.29. The van der Waals surface area contributed by atoms with E-state index in [2.05, 4.69) is 40.4 Å². The summed E-state index contributed by atoms with van der Waals surface area (Å²) in [5.41, 5.74) is 5.11. The second-order valence-electron chi connectivity index (χ2n) is 7.76. The first-order chi connectivity index (χ1) is 15.1. The summed E-state index contributed by atoms with van der Waals surface area (Å²) in [4.78, 5) is 33.0. The van der Waals surface area contributed by atoms with Crippen LogP contribution in [0.2, 0.25) is 0 Å². The van der Waals surface area contributed by atoms with E-state index < -0.39 is 0 Å². The number of amides is 1. The summed E-state index contributed by atoms with van der Waals surface area (Å²) in [7, 11) is 0. The molecule has 0 spiro atoms. The number of fused-ring (bicyclic) bond motifs is 2. The summed E-state index contributed by atoms with van der Waals surface area (Å²) in [6.07, 6.45) is 7.24. The van der Waals surface area contributed by atoms with Crippen molar-refractivity contribution >= 4 is 33.7 Å². The molecule has 0 unspecified atom stereocenters. The van der Waals surface area contributed by atoms with Gasteiger partial charge >= 0.3 is 0 Å². The first-order valence-electron chi connectivity index (χ1n) is 9.97. The van der Waals surface area contributed by atoms with Gasteiger partial charge in [-0.1, -0.05) is 13.8 Å². The van der Waals surface area contributed by atoms with Crippen molar-refractivity contribution in [1.29, 1.82) is 0 Å². The molecule has 5 aromatic heterocycles. The molecule has 9 nitrogen and oxygen atoms in total. The second kappa shape index (κ2) is 7.60. The first-order valence-corrected chi connectivity index (χ1v) is 9.97. The SMILES string of the molecule is CC(C)CC(=O)Nc1cncc(-c2cc3c(-c4nc5ncccc5[nH]4)n[nH]c3cn2)c1. The van der Waals surface area contributed by atoms with Crippen LogP contribution in [-0.2, 0) is 4.79 Å². The molecule has 0 saturated heterocycles. The Bertz CT molecular complexity index is 1370. The van der Waals surface area contributed by atoms with Crippen LogP contribution in [0.4, 0.5) is 5.69 Å². The van der Waals surface area contributed by atoms with E-state index >= 15 is 0 Å². The number of imidazole rings is 1. The van der Waals surface area contributed by atoms with Gasteiger partial charge in [-0.05, 0) is 30.2 Å². The van der Waals surface area contributed by atoms with Crippen molar-refractivity contribution in [2.45, 2.75) is 20.3 Å². The summed E-state index contributed by atoms with van der Waals surface area (Å²) >= 11 is 0. The molecule has 0 radical (unpaired) electrons. The van der Waals surface area contributed by atoms with Crippen LogP contribution in [-0.4, -0.2) is 41.0 Å². The van der Waals surface area contributed by atoms with Gasteiger partial charge in [0.2, 0.25) is 5.91 Å². The Balaban J connectivity index is 1.51. The van der Waals surface area contributed by atoms with E-state index in [1.54, 1.807) is 24.8 Å². The van der Waals surface area contributed by atoms with Gasteiger partial charge in [-0.25, -0.2) is 9.97 Å². The maximum atomic E-state index is 12.1. The van der Waals surface area contributed by atoms with Crippen LogP contribution >= 0.6 is 0 Å². The van der Waals surface area contributed by atoms with Crippen LogP contribution in [0.25, 0.3) is 44.8 Å². The van der Waals surface area contributed by atoms with Gasteiger partial charge in [-0.2, -0.15) is 5.10 Å². The van der Waals surface area contributed by atoms with Gasteiger partial charge in [0.1, 0.15) is 5.69 Å². The van der Waals surface area contributed by atoms with Crippen molar-refractivity contribution in [3.8, 4) is 22.8 Å². The molecular formula is C22H20N8O. The number of carbonyl (C=O) groups excluding carboxylic acids is 1. The highest BCUT2D eigenvalue weighted by atomic mass is 16.1. The average Bonchev–Trinajstić information content (AvgIpc) is 3.36. The van der Waals surface area contributed by atoms with Crippen LogP contribution in [0.15, 0.2) is 49.1 Å². The Kier molecular flexibility index (Phi) is 4.62. The third-order valence-corrected chi connectivity index (χ3v) is 4.84. The Labute approximate surface area is 177 Å². The highest BCUT2D eigenvalue weighted by Gasteiger charge is 2.15. The van der Waals surface area contributed by atoms with Crippen molar-refractivity contribution in [2.75, 3.05) is 5.32 Å². The molecule has 0 aliphatic carbocycles. The number of pyridine rings is 3. The Morgan fingerprint density at radius 3 is 2.87 bits per heavy atom. The van der Waals surface area contributed by atoms with Crippen LogP contribution < -0.4 is 5.32 Å². The molecule has 3 N–H and O–H groups in total. The van der Waals surface area contributed by atoms with Crippen LogP contribution in [0, 0.1) is 5.92 Å². The minimum absolute atomic E-state index is 0.0343. The van der Waals surface area contributed by atoms with Gasteiger partial charge in [-0.3, -0.25) is 19.9 Å². The molecule has 0 aromatic carbocycles. The number of carbonyl (C=O) groups is 1. The number of hydrogen-bond donors (Lipinski definition) is 3. The average molecular weight is 412 g/mol. The fourth-order valence-corrected chi connectivity index (χ4v) is 3.44. The maximum Gasteiger partial charge on any atom is 0.224 e. The molecule has 0 bridgehead atoms. The lowest BCUT2D eigenvalue weighted by molar-refractivity contribution is -0.116. The molecule has 1 amide bonds. The zero-order chi connectivity index (χ0) is 21.4. The van der Waals surface area contributed by atoms with Crippen LogP contribution in [0.3, 0.4) is 0 Å². The normalized spacial score (nSPS) is 11.5. The third-order valence-electron chi connectivity index (χ3n) is 4.84. The number of anilines is 1. The zero-order valence-electron chi connectivity index (χ0n) is 17.0. The van der Waals surface area contributed by atoms with Gasteiger partial charge in [-0.15, -0.1) is 0 Å². The van der Waals surface area contributed by atoms with E-state index in [-0.39, 0.29) is 11.8 Å². The fourth-order valence-electron chi connectivity index (χ4n) is 3.44. The van der Waals surface area contributed by atoms with Crippen LogP contribution in [0.1, 0.15) is 20.3 Å². The lowest BCUT2D eigenvalue weighted by atomic mass is 10.1. The highest BCUT2D eigenvalue weighted by molar-refractivity contribution is 5.95. The van der Waals surface area contributed by atoms with Gasteiger partial charge in [0.05, 0.1) is 34.8 Å². The van der Waals surface area contributed by atoms with Crippen molar-refractivity contribution in [3.63, 3.8) is 0 Å². The number of aromatic amines is 2. The molecule has 0 aliphatic heterocycles. The topological polar surface area (TPSA) is 125 Å². The molecule has 0 atom stereocenters. The van der Waals surface area contributed by atoms with Crippen molar-refractivity contribution in [1.82, 2.24) is 35.1 Å². The lowest BCUT2D eigenvalue weighted by Crippen LogP contribution is -2.13. The molecule has 5 heterocycles. The predicted octanol–water partition coefficient (Wildman–Crippen LogP) is 3.94. The molecule has 5 aromatic rings. The minimum Gasteiger partial charge on any atom is -0.335 e. The van der Waals surface area contributed by atoms with Gasteiger partial charge in [0, 0.05) is 29.8 Å². The summed E-state index contributed by atoms with van der Waals surface area (Å²) in [6, 6.07) is 7.58. The molecule has 154 valence electrons. The predicted molar refractivity (Wildman–Crippen MR) is 118 cm³/mol. The number of nitrogens with one attached hydrogen (secondary N) is 3. The number of H-pyrrole nitrogens is 2. The van der Waals surface area contributed by atoms with E-state index in [0.717, 1.165) is 27.7 Å². The van der Waals surface area contributed by atoms with Gasteiger partial charge < -0.3 is 10.3 Å². The van der Waals surface area contributed by atoms with Crippen molar-refractivity contribution < 1.29 is 4.79 Å². The summed E-state index contributed by atoms with van der Waals surface area (Å²) < 4.78 is 0. The van der Waals surface area contributed by atoms with E-state index in [1.807, 2.05) is 38.1 Å². The molecule has 5 rings (SSSR count). The summed E-state index contributed by atoms with van der Waals surface area (Å²) in [5, 5.41) is 11.2. The number of hydrogen-bond acceptors (Lipinski definition) is 6. The van der Waals surface area contributed by atoms with Crippen LogP contribution in [0.5, 0.6) is 0 Å². The number of nitrogens with zero attached hydrogens (tertiary/aromatic N) is 5. The Morgan fingerprint density at radius 1 is 1.13 bits per heavy atom. The smallest absolute Gasteiger partial charge is 0.224 e. The summed E-state index contributed by atoms with van der Waals surface area (Å²) in [6.45, 7) is 4.02. The lowest BCUT2D eigenvalue weighted by Gasteiger charge is -2.08. The molecule has 9 heteroatoms. The van der Waals surface area contributed by atoms with Crippen molar-refractivity contribution in [2.24, 2.45) is 5.92 Å². The number of aromatic nitrogens is 7. The fraction of sp³-hybridized carbons (Fsp3) is 0.182. The standard InChI is InChI=1S/C22H20N8O/c1-12(2)6-19(31)26-14-7-13(9-23-10-14)17-8-15-18(11-25-17)29-30-20(15)22-27-16-4-3-5-24-21(16)28-22/h3-5,7-12H,6H2,1-2H3,(H,26,31)(H,29,30)(H,24,27,28). The van der Waals surface area contributed by atoms with Gasteiger partial charge in [0.25, 0.3) is 0 Å². The largest absolute Gasteiger partial charge is 0.335 e. The monoisotopic (exact) mass is 412 g/mol.